The minimum atomic E-state index is -0.0239. The van der Waals surface area contributed by atoms with E-state index >= 15 is 0 Å². The van der Waals surface area contributed by atoms with Gasteiger partial charge in [0.1, 0.15) is 5.82 Å². The van der Waals surface area contributed by atoms with Crippen LogP contribution in [-0.4, -0.2) is 31.1 Å². The molecule has 0 saturated carbocycles. The lowest BCUT2D eigenvalue weighted by atomic mass is 10.0. The van der Waals surface area contributed by atoms with Crippen molar-refractivity contribution >= 4 is 0 Å². The third-order valence-electron chi connectivity index (χ3n) is 4.63. The number of benzene rings is 1. The summed E-state index contributed by atoms with van der Waals surface area (Å²) in [6.07, 6.45) is 5.85. The maximum Gasteiger partial charge on any atom is 0.126 e. The van der Waals surface area contributed by atoms with Crippen molar-refractivity contribution in [1.82, 2.24) is 10.2 Å². The number of nitrogens with one attached hydrogen (secondary N) is 1. The second-order valence-corrected chi connectivity index (χ2v) is 5.95. The molecule has 0 spiro atoms. The van der Waals surface area contributed by atoms with E-state index in [0.717, 1.165) is 31.5 Å². The van der Waals surface area contributed by atoms with Crippen LogP contribution < -0.4 is 5.32 Å². The molecule has 0 aromatic heterocycles. The standard InChI is InChI=1S/C16H23FN2/c1-19(11-12-5-2-3-10-18-12)16-9-8-13-14(16)6-4-7-15(13)17/h4,6-7,12,16,18H,2-3,5,8-11H2,1H3. The molecule has 1 aliphatic carbocycles. The molecule has 1 aromatic carbocycles. The molecular weight excluding hydrogens is 239 g/mol. The predicted octanol–water partition coefficient (Wildman–Crippen LogP) is 2.89. The quantitative estimate of drug-likeness (QED) is 0.901. The number of rotatable bonds is 3. The molecule has 3 heteroatoms. The summed E-state index contributed by atoms with van der Waals surface area (Å²) in [6.45, 7) is 2.22. The maximum absolute atomic E-state index is 13.8. The van der Waals surface area contributed by atoms with E-state index in [0.29, 0.717) is 12.1 Å². The molecule has 1 aromatic rings. The van der Waals surface area contributed by atoms with Gasteiger partial charge in [-0.05, 0) is 56.5 Å². The summed E-state index contributed by atoms with van der Waals surface area (Å²) >= 11 is 0. The second kappa shape index (κ2) is 5.59. The van der Waals surface area contributed by atoms with Crippen molar-refractivity contribution in [3.63, 3.8) is 0 Å². The summed E-state index contributed by atoms with van der Waals surface area (Å²) in [5.74, 6) is -0.0239. The molecule has 2 atom stereocenters. The van der Waals surface area contributed by atoms with Crippen molar-refractivity contribution < 1.29 is 4.39 Å². The fraction of sp³-hybridized carbons (Fsp3) is 0.625. The Bertz CT molecular complexity index is 440. The van der Waals surface area contributed by atoms with Crippen LogP contribution in [0.4, 0.5) is 4.39 Å². The lowest BCUT2D eigenvalue weighted by Crippen LogP contribution is -2.43. The van der Waals surface area contributed by atoms with Gasteiger partial charge in [-0.1, -0.05) is 18.6 Å². The molecule has 1 heterocycles. The number of nitrogens with zero attached hydrogens (tertiary/aromatic N) is 1. The molecule has 1 aliphatic heterocycles. The lowest BCUT2D eigenvalue weighted by molar-refractivity contribution is 0.203. The molecule has 0 bridgehead atoms. The van der Waals surface area contributed by atoms with Crippen LogP contribution in [0.2, 0.25) is 0 Å². The lowest BCUT2D eigenvalue weighted by Gasteiger charge is -2.32. The number of hydrogen-bond donors (Lipinski definition) is 1. The van der Waals surface area contributed by atoms with Gasteiger partial charge in [-0.2, -0.15) is 0 Å². The van der Waals surface area contributed by atoms with Crippen LogP contribution in [0.3, 0.4) is 0 Å². The molecule has 0 radical (unpaired) electrons. The van der Waals surface area contributed by atoms with E-state index in [4.69, 9.17) is 0 Å². The summed E-state index contributed by atoms with van der Waals surface area (Å²) in [7, 11) is 2.18. The zero-order valence-electron chi connectivity index (χ0n) is 11.7. The Labute approximate surface area is 115 Å². The Morgan fingerprint density at radius 2 is 2.21 bits per heavy atom. The fourth-order valence-electron chi connectivity index (χ4n) is 3.60. The van der Waals surface area contributed by atoms with Gasteiger partial charge < -0.3 is 5.32 Å². The van der Waals surface area contributed by atoms with E-state index in [9.17, 15) is 4.39 Å². The average molecular weight is 262 g/mol. The SMILES string of the molecule is CN(CC1CCCCN1)C1CCc2c(F)cccc21. The third kappa shape index (κ3) is 2.67. The summed E-state index contributed by atoms with van der Waals surface area (Å²) in [5.41, 5.74) is 2.15. The van der Waals surface area contributed by atoms with Gasteiger partial charge in [0, 0.05) is 18.6 Å². The first kappa shape index (κ1) is 13.1. The highest BCUT2D eigenvalue weighted by atomic mass is 19.1. The van der Waals surface area contributed by atoms with E-state index in [2.05, 4.69) is 23.3 Å². The van der Waals surface area contributed by atoms with E-state index in [-0.39, 0.29) is 5.82 Å². The van der Waals surface area contributed by atoms with Crippen molar-refractivity contribution in [3.8, 4) is 0 Å². The molecule has 1 saturated heterocycles. The Kier molecular flexibility index (Phi) is 3.85. The van der Waals surface area contributed by atoms with Crippen LogP contribution in [0.5, 0.6) is 0 Å². The molecular formula is C16H23FN2. The summed E-state index contributed by atoms with van der Waals surface area (Å²) in [5, 5.41) is 3.59. The highest BCUT2D eigenvalue weighted by Gasteiger charge is 2.29. The zero-order chi connectivity index (χ0) is 13.2. The van der Waals surface area contributed by atoms with Gasteiger partial charge in [-0.25, -0.2) is 4.39 Å². The average Bonchev–Trinajstić information content (AvgIpc) is 2.85. The van der Waals surface area contributed by atoms with E-state index in [1.54, 1.807) is 6.07 Å². The van der Waals surface area contributed by atoms with Crippen LogP contribution in [0.15, 0.2) is 18.2 Å². The Morgan fingerprint density at radius 3 is 3.00 bits per heavy atom. The molecule has 3 rings (SSSR count). The highest BCUT2D eigenvalue weighted by molar-refractivity contribution is 5.35. The molecule has 104 valence electrons. The Balaban J connectivity index is 1.69. The van der Waals surface area contributed by atoms with Crippen LogP contribution in [0.1, 0.15) is 42.9 Å². The normalized spacial score (nSPS) is 26.7. The summed E-state index contributed by atoms with van der Waals surface area (Å²) in [6, 6.07) is 6.54. The largest absolute Gasteiger partial charge is 0.313 e. The topological polar surface area (TPSA) is 15.3 Å². The van der Waals surface area contributed by atoms with Gasteiger partial charge >= 0.3 is 0 Å². The van der Waals surface area contributed by atoms with E-state index in [1.165, 1.54) is 24.8 Å². The van der Waals surface area contributed by atoms with Crippen molar-refractivity contribution in [1.29, 1.82) is 0 Å². The van der Waals surface area contributed by atoms with E-state index in [1.807, 2.05) is 6.07 Å². The van der Waals surface area contributed by atoms with Crippen molar-refractivity contribution in [2.24, 2.45) is 0 Å². The zero-order valence-corrected chi connectivity index (χ0v) is 11.7. The smallest absolute Gasteiger partial charge is 0.126 e. The van der Waals surface area contributed by atoms with Gasteiger partial charge in [-0.3, -0.25) is 4.90 Å². The van der Waals surface area contributed by atoms with Crippen LogP contribution in [-0.2, 0) is 6.42 Å². The molecule has 1 N–H and O–H groups in total. The number of halogens is 1. The number of piperidine rings is 1. The third-order valence-corrected chi connectivity index (χ3v) is 4.63. The van der Waals surface area contributed by atoms with Crippen LogP contribution in [0, 0.1) is 5.82 Å². The molecule has 2 nitrogen and oxygen atoms in total. The van der Waals surface area contributed by atoms with Crippen LogP contribution >= 0.6 is 0 Å². The van der Waals surface area contributed by atoms with E-state index < -0.39 is 0 Å². The second-order valence-electron chi connectivity index (χ2n) is 5.95. The highest BCUT2D eigenvalue weighted by Crippen LogP contribution is 2.36. The van der Waals surface area contributed by atoms with Crippen molar-refractivity contribution in [2.75, 3.05) is 20.1 Å². The van der Waals surface area contributed by atoms with Gasteiger partial charge in [0.05, 0.1) is 0 Å². The number of likely N-dealkylation sites (N-methyl/N-ethyl adjacent to an activating group) is 1. The number of hydrogen-bond acceptors (Lipinski definition) is 2. The monoisotopic (exact) mass is 262 g/mol. The van der Waals surface area contributed by atoms with Crippen LogP contribution in [0.25, 0.3) is 0 Å². The molecule has 19 heavy (non-hydrogen) atoms. The molecule has 0 amide bonds. The van der Waals surface area contributed by atoms with Gasteiger partial charge in [0.15, 0.2) is 0 Å². The van der Waals surface area contributed by atoms with Gasteiger partial charge in [0.25, 0.3) is 0 Å². The molecule has 1 fully saturated rings. The minimum Gasteiger partial charge on any atom is -0.313 e. The molecule has 2 unspecified atom stereocenters. The summed E-state index contributed by atoms with van der Waals surface area (Å²) in [4.78, 5) is 2.41. The predicted molar refractivity (Wildman–Crippen MR) is 75.7 cm³/mol. The summed E-state index contributed by atoms with van der Waals surface area (Å²) < 4.78 is 13.8. The Morgan fingerprint density at radius 1 is 1.32 bits per heavy atom. The fourth-order valence-corrected chi connectivity index (χ4v) is 3.60. The van der Waals surface area contributed by atoms with Crippen molar-refractivity contribution in [3.05, 3.63) is 35.1 Å². The van der Waals surface area contributed by atoms with Crippen molar-refractivity contribution in [2.45, 2.75) is 44.2 Å². The Hall–Kier alpha value is -0.930. The van der Waals surface area contributed by atoms with Gasteiger partial charge in [0.2, 0.25) is 0 Å². The maximum atomic E-state index is 13.8. The minimum absolute atomic E-state index is 0.0239. The first-order chi connectivity index (χ1) is 9.25. The molecule has 2 aliphatic rings. The first-order valence-electron chi connectivity index (χ1n) is 7.46. The first-order valence-corrected chi connectivity index (χ1v) is 7.46. The number of fused-ring (bicyclic) bond motifs is 1. The van der Waals surface area contributed by atoms with Gasteiger partial charge in [-0.15, -0.1) is 0 Å².